The zero-order valence-electron chi connectivity index (χ0n) is 9.73. The summed E-state index contributed by atoms with van der Waals surface area (Å²) < 4.78 is 28.4. The molecule has 0 aliphatic carbocycles. The maximum absolute atomic E-state index is 14.2. The van der Waals surface area contributed by atoms with Crippen LogP contribution < -0.4 is 0 Å². The van der Waals surface area contributed by atoms with Crippen LogP contribution in [0.5, 0.6) is 0 Å². The molecule has 2 aromatic rings. The van der Waals surface area contributed by atoms with Gasteiger partial charge in [0.1, 0.15) is 0 Å². The molecule has 0 atom stereocenters. The minimum absolute atomic E-state index is 0.141. The fraction of sp³-hybridized carbons (Fsp3) is 0.143. The van der Waals surface area contributed by atoms with Gasteiger partial charge in [0, 0.05) is 29.1 Å². The van der Waals surface area contributed by atoms with Crippen LogP contribution >= 0.6 is 0 Å². The van der Waals surface area contributed by atoms with Gasteiger partial charge in [-0.3, -0.25) is 9.78 Å². The molecule has 0 saturated heterocycles. The van der Waals surface area contributed by atoms with Gasteiger partial charge in [-0.2, -0.15) is 8.78 Å². The third-order valence-corrected chi connectivity index (χ3v) is 2.67. The van der Waals surface area contributed by atoms with Gasteiger partial charge >= 0.3 is 0 Å². The number of halogens is 2. The monoisotopic (exact) mass is 247 g/mol. The normalized spacial score (nSPS) is 11.3. The standard InChI is InChI=1S/C14H11F2NO/c1-10(18)11-3-2-4-13(9-11)14(15,16)12-5-7-17-8-6-12/h2-9H,1H3. The highest BCUT2D eigenvalue weighted by atomic mass is 19.3. The van der Waals surface area contributed by atoms with Gasteiger partial charge in [-0.15, -0.1) is 0 Å². The van der Waals surface area contributed by atoms with Crippen LogP contribution in [0.15, 0.2) is 48.8 Å². The first-order valence-electron chi connectivity index (χ1n) is 5.41. The van der Waals surface area contributed by atoms with E-state index in [2.05, 4.69) is 4.98 Å². The second kappa shape index (κ2) is 4.64. The van der Waals surface area contributed by atoms with Crippen LogP contribution in [-0.2, 0) is 5.92 Å². The number of alkyl halides is 2. The van der Waals surface area contributed by atoms with Crippen molar-refractivity contribution in [2.45, 2.75) is 12.8 Å². The number of hydrogen-bond donors (Lipinski definition) is 0. The number of ketones is 1. The molecule has 0 bridgehead atoms. The largest absolute Gasteiger partial charge is 0.298 e. The Kier molecular flexibility index (Phi) is 3.19. The zero-order chi connectivity index (χ0) is 13.2. The highest BCUT2D eigenvalue weighted by Gasteiger charge is 2.34. The number of carbonyl (C=O) groups is 1. The molecule has 0 N–H and O–H groups in total. The molecular weight excluding hydrogens is 236 g/mol. The highest BCUT2D eigenvalue weighted by molar-refractivity contribution is 5.94. The first kappa shape index (κ1) is 12.4. The molecule has 1 aromatic carbocycles. The summed E-state index contributed by atoms with van der Waals surface area (Å²) >= 11 is 0. The lowest BCUT2D eigenvalue weighted by Crippen LogP contribution is -2.15. The second-order valence-electron chi connectivity index (χ2n) is 3.95. The Morgan fingerprint density at radius 2 is 1.78 bits per heavy atom. The maximum atomic E-state index is 14.2. The molecule has 4 heteroatoms. The molecule has 2 nitrogen and oxygen atoms in total. The predicted octanol–water partition coefficient (Wildman–Crippen LogP) is 3.42. The lowest BCUT2D eigenvalue weighted by molar-refractivity contribution is 0.0427. The summed E-state index contributed by atoms with van der Waals surface area (Å²) in [4.78, 5) is 14.9. The summed E-state index contributed by atoms with van der Waals surface area (Å²) in [6.45, 7) is 1.35. The lowest BCUT2D eigenvalue weighted by Gasteiger charge is -2.17. The van der Waals surface area contributed by atoms with Gasteiger partial charge in [-0.25, -0.2) is 0 Å². The molecule has 1 heterocycles. The van der Waals surface area contributed by atoms with Gasteiger partial charge in [-0.05, 0) is 25.1 Å². The number of hydrogen-bond acceptors (Lipinski definition) is 2. The van der Waals surface area contributed by atoms with Gasteiger partial charge in [0.15, 0.2) is 5.78 Å². The Morgan fingerprint density at radius 3 is 2.39 bits per heavy atom. The van der Waals surface area contributed by atoms with Crippen molar-refractivity contribution in [1.82, 2.24) is 4.98 Å². The Labute approximate surface area is 103 Å². The summed E-state index contributed by atoms with van der Waals surface area (Å²) in [6.07, 6.45) is 2.64. The van der Waals surface area contributed by atoms with Crippen LogP contribution in [0.2, 0.25) is 0 Å². The van der Waals surface area contributed by atoms with E-state index in [1.807, 2.05) is 0 Å². The molecular formula is C14H11F2NO. The third-order valence-electron chi connectivity index (χ3n) is 2.67. The van der Waals surface area contributed by atoms with E-state index in [-0.39, 0.29) is 22.5 Å². The molecule has 0 saturated carbocycles. The summed E-state index contributed by atoms with van der Waals surface area (Å²) in [5.41, 5.74) is -0.0548. The Balaban J connectivity index is 2.47. The number of benzene rings is 1. The lowest BCUT2D eigenvalue weighted by atomic mass is 9.98. The van der Waals surface area contributed by atoms with Gasteiger partial charge in [0.25, 0.3) is 5.92 Å². The summed E-state index contributed by atoms with van der Waals surface area (Å²) in [5, 5.41) is 0. The molecule has 0 aliphatic rings. The number of nitrogens with zero attached hydrogens (tertiary/aromatic N) is 1. The van der Waals surface area contributed by atoms with Crippen molar-refractivity contribution in [3.05, 3.63) is 65.5 Å². The van der Waals surface area contributed by atoms with E-state index in [1.165, 1.54) is 55.7 Å². The summed E-state index contributed by atoms with van der Waals surface area (Å²) in [7, 11) is 0. The molecule has 0 amide bonds. The summed E-state index contributed by atoms with van der Waals surface area (Å²) in [6, 6.07) is 8.05. The van der Waals surface area contributed by atoms with Crippen molar-refractivity contribution in [3.63, 3.8) is 0 Å². The minimum Gasteiger partial charge on any atom is -0.295 e. The first-order chi connectivity index (χ1) is 8.51. The van der Waals surface area contributed by atoms with Crippen LogP contribution in [0.4, 0.5) is 8.78 Å². The van der Waals surface area contributed by atoms with E-state index in [9.17, 15) is 13.6 Å². The van der Waals surface area contributed by atoms with Crippen LogP contribution in [0.3, 0.4) is 0 Å². The topological polar surface area (TPSA) is 30.0 Å². The third kappa shape index (κ3) is 2.27. The molecule has 1 aromatic heterocycles. The van der Waals surface area contributed by atoms with Gasteiger partial charge in [0.2, 0.25) is 0 Å². The smallest absolute Gasteiger partial charge is 0.295 e. The SMILES string of the molecule is CC(=O)c1cccc(C(F)(F)c2ccncc2)c1. The van der Waals surface area contributed by atoms with Crippen molar-refractivity contribution < 1.29 is 13.6 Å². The molecule has 2 rings (SSSR count). The van der Waals surface area contributed by atoms with Gasteiger partial charge in [-0.1, -0.05) is 18.2 Å². The molecule has 0 unspecified atom stereocenters. The average Bonchev–Trinajstić information content (AvgIpc) is 2.40. The fourth-order valence-electron chi connectivity index (χ4n) is 1.66. The van der Waals surface area contributed by atoms with Crippen molar-refractivity contribution >= 4 is 5.78 Å². The Morgan fingerprint density at radius 1 is 1.11 bits per heavy atom. The highest BCUT2D eigenvalue weighted by Crippen LogP contribution is 2.35. The van der Waals surface area contributed by atoms with Gasteiger partial charge in [0.05, 0.1) is 0 Å². The average molecular weight is 247 g/mol. The van der Waals surface area contributed by atoms with Crippen LogP contribution in [0.25, 0.3) is 0 Å². The molecule has 0 aliphatic heterocycles. The van der Waals surface area contributed by atoms with E-state index in [4.69, 9.17) is 0 Å². The van der Waals surface area contributed by atoms with Crippen LogP contribution in [-0.4, -0.2) is 10.8 Å². The molecule has 18 heavy (non-hydrogen) atoms. The maximum Gasteiger partial charge on any atom is 0.298 e. The molecule has 92 valence electrons. The van der Waals surface area contributed by atoms with Crippen molar-refractivity contribution in [2.75, 3.05) is 0 Å². The number of pyridine rings is 1. The van der Waals surface area contributed by atoms with E-state index in [0.29, 0.717) is 0 Å². The van der Waals surface area contributed by atoms with Crippen LogP contribution in [0.1, 0.15) is 28.4 Å². The van der Waals surface area contributed by atoms with Gasteiger partial charge < -0.3 is 0 Å². The van der Waals surface area contributed by atoms with Crippen molar-refractivity contribution in [2.24, 2.45) is 0 Å². The first-order valence-corrected chi connectivity index (χ1v) is 5.41. The fourth-order valence-corrected chi connectivity index (χ4v) is 1.66. The zero-order valence-corrected chi connectivity index (χ0v) is 9.73. The van der Waals surface area contributed by atoms with E-state index in [1.54, 1.807) is 0 Å². The van der Waals surface area contributed by atoms with E-state index in [0.717, 1.165) is 0 Å². The summed E-state index contributed by atoms with van der Waals surface area (Å²) in [5.74, 6) is -3.36. The van der Waals surface area contributed by atoms with Crippen LogP contribution in [0, 0.1) is 0 Å². The minimum atomic E-state index is -3.13. The number of Topliss-reactive ketones (excluding diaryl/α,β-unsaturated/α-hetero) is 1. The number of carbonyl (C=O) groups excluding carboxylic acids is 1. The quantitative estimate of drug-likeness (QED) is 0.778. The van der Waals surface area contributed by atoms with Crippen molar-refractivity contribution in [3.8, 4) is 0 Å². The predicted molar refractivity (Wildman–Crippen MR) is 63.7 cm³/mol. The molecule has 0 radical (unpaired) electrons. The van der Waals surface area contributed by atoms with Crippen molar-refractivity contribution in [1.29, 1.82) is 0 Å². The van der Waals surface area contributed by atoms with E-state index < -0.39 is 5.92 Å². The Hall–Kier alpha value is -2.10. The molecule has 0 spiro atoms. The number of rotatable bonds is 3. The second-order valence-corrected chi connectivity index (χ2v) is 3.95. The van der Waals surface area contributed by atoms with E-state index >= 15 is 0 Å². The molecule has 0 fully saturated rings. The number of aromatic nitrogens is 1. The Bertz CT molecular complexity index is 567.